The second kappa shape index (κ2) is 9.01. The lowest BCUT2D eigenvalue weighted by Gasteiger charge is -2.23. The summed E-state index contributed by atoms with van der Waals surface area (Å²) in [6, 6.07) is 12.8. The van der Waals surface area contributed by atoms with Crippen LogP contribution in [-0.2, 0) is 14.3 Å². The van der Waals surface area contributed by atoms with Crippen LogP contribution in [0.1, 0.15) is 26.7 Å². The van der Waals surface area contributed by atoms with E-state index in [0.717, 1.165) is 16.5 Å². The summed E-state index contributed by atoms with van der Waals surface area (Å²) >= 11 is 5.46. The Balaban J connectivity index is 1.68. The lowest BCUT2D eigenvalue weighted by molar-refractivity contribution is -0.141. The van der Waals surface area contributed by atoms with Crippen molar-refractivity contribution in [1.82, 2.24) is 10.6 Å². The molecule has 2 aromatic rings. The Morgan fingerprint density at radius 3 is 2.68 bits per heavy atom. The highest BCUT2D eigenvalue weighted by Gasteiger charge is 2.31. The fourth-order valence-corrected chi connectivity index (χ4v) is 3.51. The molecule has 0 spiro atoms. The third-order valence-electron chi connectivity index (χ3n) is 4.62. The van der Waals surface area contributed by atoms with E-state index in [2.05, 4.69) is 16.0 Å². The van der Waals surface area contributed by atoms with Gasteiger partial charge >= 0.3 is 5.97 Å². The summed E-state index contributed by atoms with van der Waals surface area (Å²) in [6.45, 7) is 4.41. The highest BCUT2D eigenvalue weighted by atomic mass is 32.1. The Morgan fingerprint density at radius 1 is 1.21 bits per heavy atom. The number of ether oxygens (including phenoxy) is 1. The summed E-state index contributed by atoms with van der Waals surface area (Å²) in [5.74, 6) is -0.355. The first kappa shape index (κ1) is 20.1. The van der Waals surface area contributed by atoms with Gasteiger partial charge in [-0.05, 0) is 36.0 Å². The molecule has 2 aromatic carbocycles. The lowest BCUT2D eigenvalue weighted by atomic mass is 10.0. The molecule has 0 saturated carbocycles. The highest BCUT2D eigenvalue weighted by molar-refractivity contribution is 7.80. The summed E-state index contributed by atoms with van der Waals surface area (Å²) < 4.78 is 4.92. The first-order chi connectivity index (χ1) is 13.4. The Bertz CT molecular complexity index is 879. The molecule has 6 nitrogen and oxygen atoms in total. The van der Waals surface area contributed by atoms with E-state index in [1.165, 1.54) is 0 Å². The number of hydrogen-bond acceptors (Lipinski definition) is 4. The van der Waals surface area contributed by atoms with Crippen molar-refractivity contribution in [3.8, 4) is 0 Å². The lowest BCUT2D eigenvalue weighted by Crippen LogP contribution is -2.52. The molecule has 28 heavy (non-hydrogen) atoms. The number of esters is 1. The van der Waals surface area contributed by atoms with Crippen LogP contribution in [0.4, 0.5) is 5.69 Å². The van der Waals surface area contributed by atoms with Crippen molar-refractivity contribution in [2.24, 2.45) is 5.92 Å². The number of carbonyl (C=O) groups excluding carboxylic acids is 2. The van der Waals surface area contributed by atoms with Crippen molar-refractivity contribution in [2.75, 3.05) is 11.9 Å². The van der Waals surface area contributed by atoms with Crippen LogP contribution in [0.25, 0.3) is 10.8 Å². The van der Waals surface area contributed by atoms with Crippen LogP contribution in [0.3, 0.4) is 0 Å². The molecule has 3 N–H and O–H groups in total. The molecule has 1 heterocycles. The average molecular weight is 400 g/mol. The van der Waals surface area contributed by atoms with Crippen LogP contribution in [-0.4, -0.2) is 35.7 Å². The van der Waals surface area contributed by atoms with Crippen molar-refractivity contribution < 1.29 is 14.3 Å². The van der Waals surface area contributed by atoms with Crippen molar-refractivity contribution in [1.29, 1.82) is 0 Å². The topological polar surface area (TPSA) is 79.5 Å². The van der Waals surface area contributed by atoms with E-state index in [1.807, 2.05) is 56.3 Å². The fourth-order valence-electron chi connectivity index (χ4n) is 3.25. The van der Waals surface area contributed by atoms with Crippen LogP contribution in [0.15, 0.2) is 42.5 Å². The summed E-state index contributed by atoms with van der Waals surface area (Å²) in [4.78, 5) is 24.4. The van der Waals surface area contributed by atoms with Crippen LogP contribution in [0.5, 0.6) is 0 Å². The minimum atomic E-state index is -0.580. The highest BCUT2D eigenvalue weighted by Crippen LogP contribution is 2.23. The molecule has 1 aliphatic rings. The van der Waals surface area contributed by atoms with E-state index < -0.39 is 12.1 Å². The molecule has 0 unspecified atom stereocenters. The van der Waals surface area contributed by atoms with Gasteiger partial charge in [0.2, 0.25) is 5.91 Å². The third-order valence-corrected chi connectivity index (χ3v) is 4.84. The number of cyclic esters (lactones) is 1. The molecule has 0 radical (unpaired) electrons. The molecule has 7 heteroatoms. The van der Waals surface area contributed by atoms with Gasteiger partial charge in [-0.25, -0.2) is 4.79 Å². The van der Waals surface area contributed by atoms with Gasteiger partial charge in [0, 0.05) is 17.5 Å². The van der Waals surface area contributed by atoms with E-state index in [4.69, 9.17) is 17.0 Å². The zero-order valence-corrected chi connectivity index (χ0v) is 16.8. The minimum absolute atomic E-state index is 0.250. The van der Waals surface area contributed by atoms with Gasteiger partial charge in [-0.2, -0.15) is 0 Å². The molecule has 0 aliphatic carbocycles. The molecule has 148 valence electrons. The van der Waals surface area contributed by atoms with E-state index in [1.54, 1.807) is 0 Å². The van der Waals surface area contributed by atoms with Crippen LogP contribution < -0.4 is 16.0 Å². The molecule has 1 saturated heterocycles. The molecular formula is C21H25N3O3S. The van der Waals surface area contributed by atoms with Crippen LogP contribution in [0, 0.1) is 5.92 Å². The number of thiocarbonyl (C=S) groups is 1. The van der Waals surface area contributed by atoms with Crippen molar-refractivity contribution >= 4 is 45.7 Å². The minimum Gasteiger partial charge on any atom is -0.464 e. The van der Waals surface area contributed by atoms with Crippen molar-refractivity contribution in [3.05, 3.63) is 42.5 Å². The molecule has 2 atom stereocenters. The maximum Gasteiger partial charge on any atom is 0.328 e. The van der Waals surface area contributed by atoms with Gasteiger partial charge < -0.3 is 20.7 Å². The fraction of sp³-hybridized carbons (Fsp3) is 0.381. The van der Waals surface area contributed by atoms with Gasteiger partial charge in [0.25, 0.3) is 0 Å². The smallest absolute Gasteiger partial charge is 0.328 e. The molecule has 1 amide bonds. The van der Waals surface area contributed by atoms with E-state index in [9.17, 15) is 9.59 Å². The maximum absolute atomic E-state index is 12.7. The number of amides is 1. The first-order valence-corrected chi connectivity index (χ1v) is 9.87. The molecular weight excluding hydrogens is 374 g/mol. The van der Waals surface area contributed by atoms with Gasteiger partial charge in [-0.3, -0.25) is 4.79 Å². The third kappa shape index (κ3) is 4.98. The Labute approximate surface area is 170 Å². The zero-order chi connectivity index (χ0) is 20.1. The number of hydrogen-bond donors (Lipinski definition) is 3. The number of benzene rings is 2. The molecule has 1 fully saturated rings. The molecule has 1 aliphatic heterocycles. The van der Waals surface area contributed by atoms with Crippen molar-refractivity contribution in [2.45, 2.75) is 38.8 Å². The number of carbonyl (C=O) groups is 2. The number of fused-ring (bicyclic) bond motifs is 1. The summed E-state index contributed by atoms with van der Waals surface area (Å²) in [5.41, 5.74) is 0.874. The van der Waals surface area contributed by atoms with Gasteiger partial charge in [-0.1, -0.05) is 50.2 Å². The molecule has 0 bridgehead atoms. The van der Waals surface area contributed by atoms with Crippen LogP contribution in [0.2, 0.25) is 0 Å². The number of rotatable bonds is 6. The van der Waals surface area contributed by atoms with E-state index in [0.29, 0.717) is 24.6 Å². The largest absolute Gasteiger partial charge is 0.464 e. The Kier molecular flexibility index (Phi) is 6.46. The zero-order valence-electron chi connectivity index (χ0n) is 16.0. The summed E-state index contributed by atoms with van der Waals surface area (Å²) in [6.07, 6.45) is 1.09. The SMILES string of the molecule is CC(C)C[C@H](NC(=S)Nc1cccc2ccccc12)C(=O)N[C@H]1CCOC1=O. The summed E-state index contributed by atoms with van der Waals surface area (Å²) in [7, 11) is 0. The van der Waals surface area contributed by atoms with E-state index >= 15 is 0 Å². The second-order valence-electron chi connectivity index (χ2n) is 7.32. The van der Waals surface area contributed by atoms with E-state index in [-0.39, 0.29) is 17.8 Å². The monoisotopic (exact) mass is 399 g/mol. The quantitative estimate of drug-likeness (QED) is 0.512. The van der Waals surface area contributed by atoms with Crippen molar-refractivity contribution in [3.63, 3.8) is 0 Å². The Hall–Kier alpha value is -2.67. The molecule has 3 rings (SSSR count). The normalized spacial score (nSPS) is 17.2. The standard InChI is InChI=1S/C21H25N3O3S/c1-13(2)12-18(19(25)22-17-10-11-27-20(17)26)24-21(28)23-16-9-5-7-14-6-3-4-8-15(14)16/h3-9,13,17-18H,10-12H2,1-2H3,(H,22,25)(H2,23,24,28)/t17-,18-/m0/s1. The van der Waals surface area contributed by atoms with Gasteiger partial charge in [0.05, 0.1) is 6.61 Å². The first-order valence-electron chi connectivity index (χ1n) is 9.46. The maximum atomic E-state index is 12.7. The predicted octanol–water partition coefficient (Wildman–Crippen LogP) is 2.97. The number of anilines is 1. The van der Waals surface area contributed by atoms with Crippen LogP contribution >= 0.6 is 12.2 Å². The van der Waals surface area contributed by atoms with Gasteiger partial charge in [-0.15, -0.1) is 0 Å². The number of nitrogens with one attached hydrogen (secondary N) is 3. The Morgan fingerprint density at radius 2 is 1.96 bits per heavy atom. The predicted molar refractivity (Wildman–Crippen MR) is 114 cm³/mol. The van der Waals surface area contributed by atoms with Gasteiger partial charge in [0.15, 0.2) is 5.11 Å². The summed E-state index contributed by atoms with van der Waals surface area (Å²) in [5, 5.41) is 11.6. The average Bonchev–Trinajstić information content (AvgIpc) is 3.05. The van der Waals surface area contributed by atoms with Gasteiger partial charge in [0.1, 0.15) is 12.1 Å². The molecule has 0 aromatic heterocycles. The second-order valence-corrected chi connectivity index (χ2v) is 7.73.